The van der Waals surface area contributed by atoms with E-state index in [1.54, 1.807) is 11.8 Å². The number of ether oxygens (including phenoxy) is 2. The summed E-state index contributed by atoms with van der Waals surface area (Å²) < 4.78 is 9.87. The smallest absolute Gasteiger partial charge is 0.407 e. The van der Waals surface area contributed by atoms with Crippen molar-refractivity contribution < 1.29 is 19.1 Å². The molecule has 19 heavy (non-hydrogen) atoms. The number of hydrogen-bond acceptors (Lipinski definition) is 5. The maximum absolute atomic E-state index is 12.1. The van der Waals surface area contributed by atoms with Crippen molar-refractivity contribution >= 4 is 12.0 Å². The summed E-state index contributed by atoms with van der Waals surface area (Å²) in [5, 5.41) is 2.75. The minimum atomic E-state index is -0.610. The zero-order valence-corrected chi connectivity index (χ0v) is 11.6. The van der Waals surface area contributed by atoms with Crippen molar-refractivity contribution in [3.05, 3.63) is 0 Å². The summed E-state index contributed by atoms with van der Waals surface area (Å²) in [4.78, 5) is 25.1. The van der Waals surface area contributed by atoms with Gasteiger partial charge in [0.2, 0.25) is 0 Å². The Morgan fingerprint density at radius 2 is 2.26 bits per heavy atom. The molecule has 0 spiro atoms. The second-order valence-electron chi connectivity index (χ2n) is 4.45. The van der Waals surface area contributed by atoms with E-state index in [9.17, 15) is 9.59 Å². The number of amides is 2. The van der Waals surface area contributed by atoms with Crippen molar-refractivity contribution in [3.63, 3.8) is 0 Å². The molecule has 1 aliphatic heterocycles. The van der Waals surface area contributed by atoms with Crippen molar-refractivity contribution in [2.75, 3.05) is 33.4 Å². The van der Waals surface area contributed by atoms with Crippen molar-refractivity contribution in [2.45, 2.75) is 31.9 Å². The highest BCUT2D eigenvalue weighted by Crippen LogP contribution is 2.12. The van der Waals surface area contributed by atoms with E-state index >= 15 is 0 Å². The van der Waals surface area contributed by atoms with Crippen LogP contribution < -0.4 is 11.1 Å². The lowest BCUT2D eigenvalue weighted by molar-refractivity contribution is -0.142. The molecule has 110 valence electrons. The third-order valence-electron chi connectivity index (χ3n) is 3.10. The molecule has 2 unspecified atom stereocenters. The van der Waals surface area contributed by atoms with Gasteiger partial charge in [0.05, 0.1) is 6.61 Å². The van der Waals surface area contributed by atoms with Crippen LogP contribution in [-0.4, -0.2) is 62.4 Å². The van der Waals surface area contributed by atoms with E-state index in [0.717, 1.165) is 12.8 Å². The van der Waals surface area contributed by atoms with Crippen LogP contribution in [0, 0.1) is 0 Å². The first-order valence-electron chi connectivity index (χ1n) is 6.57. The van der Waals surface area contributed by atoms with Crippen LogP contribution in [0.25, 0.3) is 0 Å². The van der Waals surface area contributed by atoms with E-state index in [1.807, 2.05) is 0 Å². The second kappa shape index (κ2) is 7.96. The van der Waals surface area contributed by atoms with Crippen LogP contribution in [0.15, 0.2) is 0 Å². The molecule has 0 aromatic carbocycles. The predicted molar refractivity (Wildman–Crippen MR) is 69.6 cm³/mol. The molecule has 2 atom stereocenters. The Bertz CT molecular complexity index is 307. The number of rotatable bonds is 5. The normalized spacial score (nSPS) is 20.8. The van der Waals surface area contributed by atoms with Crippen LogP contribution in [0.2, 0.25) is 0 Å². The van der Waals surface area contributed by atoms with Gasteiger partial charge in [-0.3, -0.25) is 4.79 Å². The monoisotopic (exact) mass is 273 g/mol. The number of nitrogens with one attached hydrogen (secondary N) is 1. The average molecular weight is 273 g/mol. The molecule has 0 aromatic heterocycles. The lowest BCUT2D eigenvalue weighted by Crippen LogP contribution is -2.53. The molecule has 1 aliphatic rings. The third-order valence-corrected chi connectivity index (χ3v) is 3.10. The van der Waals surface area contributed by atoms with Crippen LogP contribution in [0.5, 0.6) is 0 Å². The fraction of sp³-hybridized carbons (Fsp3) is 0.833. The Kier molecular flexibility index (Phi) is 6.58. The van der Waals surface area contributed by atoms with Gasteiger partial charge < -0.3 is 25.4 Å². The molecular formula is C12H23N3O4. The van der Waals surface area contributed by atoms with Crippen LogP contribution in [-0.2, 0) is 14.3 Å². The van der Waals surface area contributed by atoms with Gasteiger partial charge in [0, 0.05) is 32.8 Å². The molecule has 0 radical (unpaired) electrons. The van der Waals surface area contributed by atoms with Gasteiger partial charge in [-0.25, -0.2) is 4.79 Å². The van der Waals surface area contributed by atoms with Gasteiger partial charge in [-0.05, 0) is 19.8 Å². The molecule has 0 aromatic rings. The first kappa shape index (κ1) is 15.7. The Balaban J connectivity index is 2.49. The van der Waals surface area contributed by atoms with Gasteiger partial charge in [0.1, 0.15) is 6.10 Å². The van der Waals surface area contributed by atoms with Gasteiger partial charge in [-0.2, -0.15) is 0 Å². The largest absolute Gasteiger partial charge is 0.450 e. The average Bonchev–Trinajstić information content (AvgIpc) is 2.40. The topological polar surface area (TPSA) is 93.9 Å². The first-order chi connectivity index (χ1) is 9.12. The summed E-state index contributed by atoms with van der Waals surface area (Å²) in [6.45, 7) is 3.37. The lowest BCUT2D eigenvalue weighted by Gasteiger charge is -2.34. The molecule has 1 fully saturated rings. The molecule has 1 rings (SSSR count). The lowest BCUT2D eigenvalue weighted by atomic mass is 10.1. The van der Waals surface area contributed by atoms with Crippen LogP contribution in [0.4, 0.5) is 4.79 Å². The zero-order chi connectivity index (χ0) is 14.3. The molecule has 3 N–H and O–H groups in total. The third kappa shape index (κ3) is 4.68. The number of nitrogens with zero attached hydrogens (tertiary/aromatic N) is 1. The minimum Gasteiger partial charge on any atom is -0.450 e. The number of likely N-dealkylation sites (tertiary alicyclic amines) is 1. The van der Waals surface area contributed by atoms with Gasteiger partial charge in [-0.15, -0.1) is 0 Å². The first-order valence-corrected chi connectivity index (χ1v) is 6.57. The molecule has 1 heterocycles. The van der Waals surface area contributed by atoms with Crippen molar-refractivity contribution in [1.82, 2.24) is 10.2 Å². The molecule has 0 bridgehead atoms. The van der Waals surface area contributed by atoms with E-state index in [4.69, 9.17) is 15.2 Å². The number of carbonyl (C=O) groups excluding carboxylic acids is 2. The van der Waals surface area contributed by atoms with Crippen LogP contribution in [0.1, 0.15) is 19.8 Å². The van der Waals surface area contributed by atoms with E-state index in [1.165, 1.54) is 7.11 Å². The zero-order valence-electron chi connectivity index (χ0n) is 11.6. The van der Waals surface area contributed by atoms with Gasteiger partial charge >= 0.3 is 6.09 Å². The van der Waals surface area contributed by atoms with Gasteiger partial charge in [0.25, 0.3) is 5.91 Å². The van der Waals surface area contributed by atoms with Crippen LogP contribution >= 0.6 is 0 Å². The molecule has 1 saturated heterocycles. The number of piperidine rings is 1. The second-order valence-corrected chi connectivity index (χ2v) is 4.45. The van der Waals surface area contributed by atoms with Gasteiger partial charge in [-0.1, -0.05) is 0 Å². The summed E-state index contributed by atoms with van der Waals surface area (Å²) in [5.41, 5.74) is 5.48. The number of hydrogen-bond donors (Lipinski definition) is 2. The fourth-order valence-electron chi connectivity index (χ4n) is 2.14. The number of nitrogens with two attached hydrogens (primary N) is 1. The van der Waals surface area contributed by atoms with Crippen LogP contribution in [0.3, 0.4) is 0 Å². The predicted octanol–water partition coefficient (Wildman–Crippen LogP) is -0.303. The quantitative estimate of drug-likeness (QED) is 0.717. The summed E-state index contributed by atoms with van der Waals surface area (Å²) >= 11 is 0. The number of carbonyl (C=O) groups is 2. The molecule has 0 aliphatic carbocycles. The molecular weight excluding hydrogens is 250 g/mol. The van der Waals surface area contributed by atoms with E-state index in [2.05, 4.69) is 5.32 Å². The highest BCUT2D eigenvalue weighted by molar-refractivity contribution is 5.81. The maximum Gasteiger partial charge on any atom is 0.407 e. The van der Waals surface area contributed by atoms with Crippen molar-refractivity contribution in [1.29, 1.82) is 0 Å². The molecule has 7 nitrogen and oxygen atoms in total. The minimum absolute atomic E-state index is 0.0768. The molecule has 2 amide bonds. The van der Waals surface area contributed by atoms with Crippen molar-refractivity contribution in [2.24, 2.45) is 5.73 Å². The summed E-state index contributed by atoms with van der Waals surface area (Å²) in [7, 11) is 1.47. The SMILES string of the molecule is CCOC(=O)NC1CCCN(C(=O)C(CN)OC)C1. The fourth-order valence-corrected chi connectivity index (χ4v) is 2.14. The molecule has 7 heteroatoms. The van der Waals surface area contributed by atoms with Gasteiger partial charge in [0.15, 0.2) is 0 Å². The Morgan fingerprint density at radius 1 is 1.53 bits per heavy atom. The van der Waals surface area contributed by atoms with E-state index in [0.29, 0.717) is 19.7 Å². The van der Waals surface area contributed by atoms with E-state index in [-0.39, 0.29) is 18.5 Å². The summed E-state index contributed by atoms with van der Waals surface area (Å²) in [6, 6.07) is -0.0768. The molecule has 0 saturated carbocycles. The number of methoxy groups -OCH3 is 1. The standard InChI is InChI=1S/C12H23N3O4/c1-3-19-12(17)14-9-5-4-6-15(8-9)11(16)10(7-13)18-2/h9-10H,3-8,13H2,1-2H3,(H,14,17). The van der Waals surface area contributed by atoms with Crippen molar-refractivity contribution in [3.8, 4) is 0 Å². The highest BCUT2D eigenvalue weighted by atomic mass is 16.5. The Hall–Kier alpha value is -1.34. The highest BCUT2D eigenvalue weighted by Gasteiger charge is 2.29. The Morgan fingerprint density at radius 3 is 2.84 bits per heavy atom. The Labute approximate surface area is 113 Å². The number of alkyl carbamates (subject to hydrolysis) is 1. The van der Waals surface area contributed by atoms with E-state index < -0.39 is 12.2 Å². The summed E-state index contributed by atoms with van der Waals surface area (Å²) in [6.07, 6.45) is 0.623. The summed E-state index contributed by atoms with van der Waals surface area (Å²) in [5.74, 6) is -0.125. The maximum atomic E-state index is 12.1.